The number of carbonyl (C=O) groups is 2. The molecule has 7 heteroatoms. The molecule has 0 fully saturated rings. The molecule has 1 heterocycles. The Hall–Kier alpha value is -2.83. The van der Waals surface area contributed by atoms with Gasteiger partial charge in [0.2, 0.25) is 0 Å². The van der Waals surface area contributed by atoms with E-state index in [0.29, 0.717) is 13.0 Å². The van der Waals surface area contributed by atoms with Crippen LogP contribution in [0.3, 0.4) is 0 Å². The molecule has 0 aliphatic heterocycles. The van der Waals surface area contributed by atoms with E-state index >= 15 is 0 Å². The van der Waals surface area contributed by atoms with E-state index in [2.05, 4.69) is 15.3 Å². The monoisotopic (exact) mass is 303 g/mol. The number of ether oxygens (including phenoxy) is 1. The number of benzene rings is 1. The summed E-state index contributed by atoms with van der Waals surface area (Å²) in [5, 5.41) is 2.61. The first-order valence-corrected chi connectivity index (χ1v) is 6.59. The van der Waals surface area contributed by atoms with Gasteiger partial charge in [-0.2, -0.15) is 0 Å². The van der Waals surface area contributed by atoms with E-state index in [1.54, 1.807) is 12.1 Å². The van der Waals surface area contributed by atoms with E-state index in [9.17, 15) is 14.0 Å². The summed E-state index contributed by atoms with van der Waals surface area (Å²) in [6, 6.07) is 6.02. The van der Waals surface area contributed by atoms with Crippen LogP contribution in [0.5, 0.6) is 0 Å². The lowest BCUT2D eigenvalue weighted by atomic mass is 10.1. The molecule has 2 aromatic rings. The fourth-order valence-corrected chi connectivity index (χ4v) is 1.66. The largest absolute Gasteiger partial charge is 0.451 e. The molecular weight excluding hydrogens is 289 g/mol. The second-order valence-electron chi connectivity index (χ2n) is 4.39. The molecular formula is C15H14FN3O3. The predicted octanol–water partition coefficient (Wildman–Crippen LogP) is 1.13. The third-order valence-electron chi connectivity index (χ3n) is 2.76. The average Bonchev–Trinajstić information content (AvgIpc) is 2.55. The summed E-state index contributed by atoms with van der Waals surface area (Å²) in [7, 11) is 0. The van der Waals surface area contributed by atoms with Crippen LogP contribution in [0, 0.1) is 5.82 Å². The third kappa shape index (κ3) is 4.93. The molecule has 0 radical (unpaired) electrons. The first-order chi connectivity index (χ1) is 10.6. The van der Waals surface area contributed by atoms with Gasteiger partial charge in [-0.3, -0.25) is 9.78 Å². The van der Waals surface area contributed by atoms with Crippen LogP contribution < -0.4 is 5.32 Å². The summed E-state index contributed by atoms with van der Waals surface area (Å²) >= 11 is 0. The van der Waals surface area contributed by atoms with Crippen molar-refractivity contribution in [2.45, 2.75) is 6.42 Å². The summed E-state index contributed by atoms with van der Waals surface area (Å²) < 4.78 is 17.5. The molecule has 114 valence electrons. The SMILES string of the molecule is O=C(COC(=O)c1cnccn1)NCCc1ccc(F)cc1. The first-order valence-electron chi connectivity index (χ1n) is 6.59. The molecule has 22 heavy (non-hydrogen) atoms. The number of amides is 1. The molecule has 1 N–H and O–H groups in total. The summed E-state index contributed by atoms with van der Waals surface area (Å²) in [6.45, 7) is -0.0218. The highest BCUT2D eigenvalue weighted by Gasteiger charge is 2.11. The van der Waals surface area contributed by atoms with E-state index in [0.717, 1.165) is 5.56 Å². The van der Waals surface area contributed by atoms with Crippen LogP contribution in [0.15, 0.2) is 42.9 Å². The predicted molar refractivity (Wildman–Crippen MR) is 75.4 cm³/mol. The van der Waals surface area contributed by atoms with Crippen LogP contribution in [-0.4, -0.2) is 35.0 Å². The molecule has 1 amide bonds. The van der Waals surface area contributed by atoms with E-state index in [1.165, 1.54) is 30.7 Å². The topological polar surface area (TPSA) is 81.2 Å². The molecule has 2 rings (SSSR count). The Bertz CT molecular complexity index is 632. The number of carbonyl (C=O) groups excluding carboxylic acids is 2. The first kappa shape index (κ1) is 15.6. The van der Waals surface area contributed by atoms with Gasteiger partial charge in [0.05, 0.1) is 6.20 Å². The van der Waals surface area contributed by atoms with Crippen LogP contribution in [0.4, 0.5) is 4.39 Å². The maximum absolute atomic E-state index is 12.7. The van der Waals surface area contributed by atoms with Crippen molar-refractivity contribution in [3.05, 3.63) is 59.9 Å². The van der Waals surface area contributed by atoms with Crippen molar-refractivity contribution in [1.82, 2.24) is 15.3 Å². The number of nitrogens with zero attached hydrogens (tertiary/aromatic N) is 2. The zero-order valence-electron chi connectivity index (χ0n) is 11.7. The van der Waals surface area contributed by atoms with E-state index < -0.39 is 18.5 Å². The fraction of sp³-hybridized carbons (Fsp3) is 0.200. The minimum Gasteiger partial charge on any atom is -0.451 e. The Morgan fingerprint density at radius 2 is 1.95 bits per heavy atom. The Balaban J connectivity index is 1.68. The number of halogens is 1. The number of hydrogen-bond donors (Lipinski definition) is 1. The van der Waals surface area contributed by atoms with Crippen molar-refractivity contribution < 1.29 is 18.7 Å². The Labute approximate surface area is 126 Å². The molecule has 1 aromatic heterocycles. The zero-order chi connectivity index (χ0) is 15.8. The van der Waals surface area contributed by atoms with E-state index in [1.807, 2.05) is 0 Å². The maximum Gasteiger partial charge on any atom is 0.359 e. The van der Waals surface area contributed by atoms with Gasteiger partial charge in [0.25, 0.3) is 5.91 Å². The molecule has 6 nitrogen and oxygen atoms in total. The summed E-state index contributed by atoms with van der Waals surface area (Å²) in [5.41, 5.74) is 0.944. The van der Waals surface area contributed by atoms with Crippen LogP contribution in [0.1, 0.15) is 16.1 Å². The number of rotatable bonds is 6. The Morgan fingerprint density at radius 1 is 1.18 bits per heavy atom. The van der Waals surface area contributed by atoms with E-state index in [4.69, 9.17) is 4.74 Å². The molecule has 0 spiro atoms. The van der Waals surface area contributed by atoms with Crippen molar-refractivity contribution in [2.75, 3.05) is 13.2 Å². The van der Waals surface area contributed by atoms with Crippen LogP contribution in [0.2, 0.25) is 0 Å². The third-order valence-corrected chi connectivity index (χ3v) is 2.76. The molecule has 0 unspecified atom stereocenters. The van der Waals surface area contributed by atoms with Gasteiger partial charge in [0.1, 0.15) is 5.82 Å². The van der Waals surface area contributed by atoms with Crippen molar-refractivity contribution >= 4 is 11.9 Å². The minimum atomic E-state index is -0.707. The Kier molecular flexibility index (Phi) is 5.53. The van der Waals surface area contributed by atoms with Gasteiger partial charge >= 0.3 is 5.97 Å². The maximum atomic E-state index is 12.7. The van der Waals surface area contributed by atoms with E-state index in [-0.39, 0.29) is 11.5 Å². The number of hydrogen-bond acceptors (Lipinski definition) is 5. The molecule has 1 aromatic carbocycles. The molecule has 0 saturated heterocycles. The molecule has 0 bridgehead atoms. The fourth-order valence-electron chi connectivity index (χ4n) is 1.66. The second-order valence-corrected chi connectivity index (χ2v) is 4.39. The molecule has 0 aliphatic carbocycles. The quantitative estimate of drug-likeness (QED) is 0.809. The van der Waals surface area contributed by atoms with Crippen molar-refractivity contribution in [3.63, 3.8) is 0 Å². The Morgan fingerprint density at radius 3 is 2.64 bits per heavy atom. The number of aromatic nitrogens is 2. The van der Waals surface area contributed by atoms with Gasteiger partial charge in [0, 0.05) is 18.9 Å². The molecule has 0 aliphatic rings. The highest BCUT2D eigenvalue weighted by atomic mass is 19.1. The second kappa shape index (κ2) is 7.82. The normalized spacial score (nSPS) is 10.0. The highest BCUT2D eigenvalue weighted by molar-refractivity contribution is 5.89. The molecule has 0 saturated carbocycles. The van der Waals surface area contributed by atoms with Gasteiger partial charge in [-0.05, 0) is 24.1 Å². The van der Waals surface area contributed by atoms with Gasteiger partial charge < -0.3 is 10.1 Å². The van der Waals surface area contributed by atoms with Crippen LogP contribution >= 0.6 is 0 Å². The highest BCUT2D eigenvalue weighted by Crippen LogP contribution is 2.02. The lowest BCUT2D eigenvalue weighted by Crippen LogP contribution is -2.30. The average molecular weight is 303 g/mol. The standard InChI is InChI=1S/C15H14FN3O3/c16-12-3-1-11(2-4-12)5-6-19-14(20)10-22-15(21)13-9-17-7-8-18-13/h1-4,7-9H,5-6,10H2,(H,19,20). The van der Waals surface area contributed by atoms with Gasteiger partial charge in [-0.1, -0.05) is 12.1 Å². The summed E-state index contributed by atoms with van der Waals surface area (Å²) in [4.78, 5) is 30.6. The molecule has 0 atom stereocenters. The number of nitrogens with one attached hydrogen (secondary N) is 1. The summed E-state index contributed by atoms with van der Waals surface area (Å²) in [5.74, 6) is -1.43. The van der Waals surface area contributed by atoms with Gasteiger partial charge in [0.15, 0.2) is 12.3 Å². The van der Waals surface area contributed by atoms with Gasteiger partial charge in [-0.15, -0.1) is 0 Å². The van der Waals surface area contributed by atoms with Crippen LogP contribution in [0.25, 0.3) is 0 Å². The summed E-state index contributed by atoms with van der Waals surface area (Å²) in [6.07, 6.45) is 4.61. The van der Waals surface area contributed by atoms with Crippen molar-refractivity contribution in [2.24, 2.45) is 0 Å². The number of esters is 1. The minimum absolute atomic E-state index is 0.0432. The lowest BCUT2D eigenvalue weighted by molar-refractivity contribution is -0.124. The van der Waals surface area contributed by atoms with Crippen LogP contribution in [-0.2, 0) is 16.0 Å². The smallest absolute Gasteiger partial charge is 0.359 e. The zero-order valence-corrected chi connectivity index (χ0v) is 11.7. The van der Waals surface area contributed by atoms with Crippen molar-refractivity contribution in [1.29, 1.82) is 0 Å². The lowest BCUT2D eigenvalue weighted by Gasteiger charge is -2.06. The van der Waals surface area contributed by atoms with Gasteiger partial charge in [-0.25, -0.2) is 14.2 Å². The van der Waals surface area contributed by atoms with Crippen molar-refractivity contribution in [3.8, 4) is 0 Å².